The maximum atomic E-state index is 12.6. The molecule has 0 unspecified atom stereocenters. The summed E-state index contributed by atoms with van der Waals surface area (Å²) in [6.07, 6.45) is 0. The van der Waals surface area contributed by atoms with Crippen LogP contribution in [0, 0.1) is 11.8 Å². The standard InChI is InChI=1S/C15H20N2O4S/c1-21-15(18)14-5-3-2-4-11(14)10-22(19,20)17-8-12-6-16-7-13(12)9-17/h2-5,12-13,16H,6-10H2,1H3/t12-,13+. The smallest absolute Gasteiger partial charge is 0.338 e. The third-order valence-electron chi connectivity index (χ3n) is 4.51. The van der Waals surface area contributed by atoms with Gasteiger partial charge in [0.05, 0.1) is 18.4 Å². The molecule has 1 aromatic rings. The van der Waals surface area contributed by atoms with Crippen molar-refractivity contribution in [2.24, 2.45) is 11.8 Å². The van der Waals surface area contributed by atoms with Gasteiger partial charge in [-0.2, -0.15) is 0 Å². The predicted octanol–water partition coefficient (Wildman–Crippen LogP) is 0.454. The van der Waals surface area contributed by atoms with E-state index < -0.39 is 16.0 Å². The highest BCUT2D eigenvalue weighted by Crippen LogP contribution is 2.29. The molecule has 1 N–H and O–H groups in total. The van der Waals surface area contributed by atoms with Gasteiger partial charge in [0.2, 0.25) is 10.0 Å². The molecule has 2 heterocycles. The number of sulfonamides is 1. The first kappa shape index (κ1) is 15.5. The normalized spacial score (nSPS) is 25.1. The molecule has 7 heteroatoms. The van der Waals surface area contributed by atoms with Crippen molar-refractivity contribution in [2.75, 3.05) is 33.3 Å². The molecule has 0 spiro atoms. The van der Waals surface area contributed by atoms with Gasteiger partial charge in [-0.15, -0.1) is 0 Å². The fourth-order valence-corrected chi connectivity index (χ4v) is 4.95. The van der Waals surface area contributed by atoms with Gasteiger partial charge in [0.15, 0.2) is 0 Å². The molecular formula is C15H20N2O4S. The van der Waals surface area contributed by atoms with Crippen LogP contribution in [0.4, 0.5) is 0 Å². The molecule has 3 rings (SSSR count). The van der Waals surface area contributed by atoms with Gasteiger partial charge >= 0.3 is 5.97 Å². The van der Waals surface area contributed by atoms with Crippen LogP contribution in [-0.4, -0.2) is 52.0 Å². The highest BCUT2D eigenvalue weighted by Gasteiger charge is 2.41. The van der Waals surface area contributed by atoms with E-state index in [0.717, 1.165) is 13.1 Å². The van der Waals surface area contributed by atoms with Crippen molar-refractivity contribution in [1.29, 1.82) is 0 Å². The SMILES string of the molecule is COC(=O)c1ccccc1CS(=O)(=O)N1C[C@H]2CNC[C@H]2C1. The lowest BCUT2D eigenvalue weighted by Crippen LogP contribution is -2.33. The molecule has 0 bridgehead atoms. The fraction of sp³-hybridized carbons (Fsp3) is 0.533. The summed E-state index contributed by atoms with van der Waals surface area (Å²) in [7, 11) is -2.13. The lowest BCUT2D eigenvalue weighted by atomic mass is 10.0. The Kier molecular flexibility index (Phi) is 4.20. The van der Waals surface area contributed by atoms with Crippen molar-refractivity contribution in [3.05, 3.63) is 35.4 Å². The molecule has 0 aliphatic carbocycles. The Hall–Kier alpha value is -1.44. The number of esters is 1. The number of ether oxygens (including phenoxy) is 1. The van der Waals surface area contributed by atoms with E-state index in [1.807, 2.05) is 0 Å². The minimum atomic E-state index is -3.42. The number of rotatable bonds is 4. The Balaban J connectivity index is 1.79. The average Bonchev–Trinajstić information content (AvgIpc) is 3.08. The molecule has 120 valence electrons. The largest absolute Gasteiger partial charge is 0.465 e. The summed E-state index contributed by atoms with van der Waals surface area (Å²) in [6.45, 7) is 2.91. The van der Waals surface area contributed by atoms with Crippen LogP contribution in [0.5, 0.6) is 0 Å². The number of carbonyl (C=O) groups excluding carboxylic acids is 1. The molecular weight excluding hydrogens is 304 g/mol. The van der Waals surface area contributed by atoms with Gasteiger partial charge in [-0.1, -0.05) is 18.2 Å². The zero-order chi connectivity index (χ0) is 15.7. The molecule has 2 atom stereocenters. The lowest BCUT2D eigenvalue weighted by molar-refractivity contribution is 0.0600. The van der Waals surface area contributed by atoms with Crippen molar-refractivity contribution >= 4 is 16.0 Å². The second-order valence-electron chi connectivity index (χ2n) is 5.90. The maximum Gasteiger partial charge on any atom is 0.338 e. The van der Waals surface area contributed by atoms with Crippen LogP contribution in [0.2, 0.25) is 0 Å². The van der Waals surface area contributed by atoms with Crippen LogP contribution in [0.25, 0.3) is 0 Å². The molecule has 0 aromatic heterocycles. The molecule has 0 radical (unpaired) electrons. The molecule has 6 nitrogen and oxygen atoms in total. The maximum absolute atomic E-state index is 12.6. The number of nitrogens with one attached hydrogen (secondary N) is 1. The third kappa shape index (κ3) is 2.88. The van der Waals surface area contributed by atoms with Gasteiger partial charge in [-0.05, 0) is 36.6 Å². The van der Waals surface area contributed by atoms with Crippen LogP contribution < -0.4 is 5.32 Å². The number of hydrogen-bond donors (Lipinski definition) is 1. The summed E-state index contributed by atoms with van der Waals surface area (Å²) in [5, 5.41) is 3.29. The van der Waals surface area contributed by atoms with Gasteiger partial charge in [0.1, 0.15) is 0 Å². The topological polar surface area (TPSA) is 75.7 Å². The van der Waals surface area contributed by atoms with Gasteiger partial charge in [0.25, 0.3) is 0 Å². The second kappa shape index (κ2) is 5.98. The predicted molar refractivity (Wildman–Crippen MR) is 81.8 cm³/mol. The van der Waals surface area contributed by atoms with Gasteiger partial charge in [0, 0.05) is 13.1 Å². The van der Waals surface area contributed by atoms with Crippen molar-refractivity contribution in [3.63, 3.8) is 0 Å². The zero-order valence-electron chi connectivity index (χ0n) is 12.5. The molecule has 2 aliphatic heterocycles. The van der Waals surface area contributed by atoms with Crippen molar-refractivity contribution in [2.45, 2.75) is 5.75 Å². The summed E-state index contributed by atoms with van der Waals surface area (Å²) in [5.41, 5.74) is 0.805. The Bertz CT molecular complexity index is 662. The van der Waals surface area contributed by atoms with Crippen LogP contribution >= 0.6 is 0 Å². The van der Waals surface area contributed by atoms with E-state index >= 15 is 0 Å². The molecule has 22 heavy (non-hydrogen) atoms. The van der Waals surface area contributed by atoms with Crippen molar-refractivity contribution in [1.82, 2.24) is 9.62 Å². The molecule has 0 saturated carbocycles. The molecule has 1 aromatic carbocycles. The number of nitrogens with zero attached hydrogens (tertiary/aromatic N) is 1. The van der Waals surface area contributed by atoms with E-state index in [9.17, 15) is 13.2 Å². The number of hydrogen-bond acceptors (Lipinski definition) is 5. The third-order valence-corrected chi connectivity index (χ3v) is 6.27. The monoisotopic (exact) mass is 324 g/mol. The second-order valence-corrected chi connectivity index (χ2v) is 7.87. The number of carbonyl (C=O) groups is 1. The molecule has 2 saturated heterocycles. The summed E-state index contributed by atoms with van der Waals surface area (Å²) >= 11 is 0. The Morgan fingerprint density at radius 3 is 2.55 bits per heavy atom. The Morgan fingerprint density at radius 1 is 1.27 bits per heavy atom. The lowest BCUT2D eigenvalue weighted by Gasteiger charge is -2.18. The first-order chi connectivity index (χ1) is 10.5. The van der Waals surface area contributed by atoms with Gasteiger partial charge in [-0.3, -0.25) is 0 Å². The average molecular weight is 324 g/mol. The minimum absolute atomic E-state index is 0.162. The van der Waals surface area contributed by atoms with E-state index in [4.69, 9.17) is 4.74 Å². The molecule has 0 amide bonds. The summed E-state index contributed by atoms with van der Waals surface area (Å²) in [4.78, 5) is 11.8. The molecule has 2 aliphatic rings. The highest BCUT2D eigenvalue weighted by atomic mass is 32.2. The quantitative estimate of drug-likeness (QED) is 0.814. The minimum Gasteiger partial charge on any atom is -0.465 e. The van der Waals surface area contributed by atoms with E-state index in [0.29, 0.717) is 36.1 Å². The van der Waals surface area contributed by atoms with Crippen LogP contribution in [0.3, 0.4) is 0 Å². The number of benzene rings is 1. The van der Waals surface area contributed by atoms with Crippen LogP contribution in [0.1, 0.15) is 15.9 Å². The Labute approximate surface area is 130 Å². The fourth-order valence-electron chi connectivity index (χ4n) is 3.28. The summed E-state index contributed by atoms with van der Waals surface area (Å²) in [6, 6.07) is 6.70. The van der Waals surface area contributed by atoms with E-state index in [1.165, 1.54) is 7.11 Å². The Morgan fingerprint density at radius 2 is 1.91 bits per heavy atom. The highest BCUT2D eigenvalue weighted by molar-refractivity contribution is 7.88. The first-order valence-corrected chi connectivity index (χ1v) is 8.97. The molecule has 2 fully saturated rings. The van der Waals surface area contributed by atoms with Crippen molar-refractivity contribution in [3.8, 4) is 0 Å². The number of methoxy groups -OCH3 is 1. The van der Waals surface area contributed by atoms with Gasteiger partial charge in [-0.25, -0.2) is 17.5 Å². The van der Waals surface area contributed by atoms with Crippen molar-refractivity contribution < 1.29 is 17.9 Å². The number of fused-ring (bicyclic) bond motifs is 1. The zero-order valence-corrected chi connectivity index (χ0v) is 13.3. The van der Waals surface area contributed by atoms with Crippen LogP contribution in [-0.2, 0) is 20.5 Å². The first-order valence-electron chi connectivity index (χ1n) is 7.36. The van der Waals surface area contributed by atoms with Crippen LogP contribution in [0.15, 0.2) is 24.3 Å². The summed E-state index contributed by atoms with van der Waals surface area (Å²) in [5.74, 6) is 0.148. The van der Waals surface area contributed by atoms with E-state index in [1.54, 1.807) is 28.6 Å². The van der Waals surface area contributed by atoms with E-state index in [2.05, 4.69) is 5.32 Å². The van der Waals surface area contributed by atoms with Gasteiger partial charge < -0.3 is 10.1 Å². The summed E-state index contributed by atoms with van der Waals surface area (Å²) < 4.78 is 31.6. The van der Waals surface area contributed by atoms with E-state index in [-0.39, 0.29) is 5.75 Å².